The Balaban J connectivity index is 1.59. The number of fused-ring (bicyclic) bond motifs is 1. The second kappa shape index (κ2) is 9.07. The summed E-state index contributed by atoms with van der Waals surface area (Å²) in [4.78, 5) is 12.0. The minimum Gasteiger partial charge on any atom is -0.490 e. The van der Waals surface area contributed by atoms with Crippen LogP contribution in [0.2, 0.25) is 0 Å². The van der Waals surface area contributed by atoms with Gasteiger partial charge in [0.25, 0.3) is 0 Å². The van der Waals surface area contributed by atoms with Crippen LogP contribution in [-0.2, 0) is 11.3 Å². The molecule has 28 heavy (non-hydrogen) atoms. The monoisotopic (exact) mass is 391 g/mol. The summed E-state index contributed by atoms with van der Waals surface area (Å²) in [6, 6.07) is 9.90. The normalized spacial score (nSPS) is 12.4. The van der Waals surface area contributed by atoms with Gasteiger partial charge >= 0.3 is 6.61 Å². The third-order valence-corrected chi connectivity index (χ3v) is 3.81. The second-order valence-electron chi connectivity index (χ2n) is 5.76. The minimum absolute atomic E-state index is 0.0544. The van der Waals surface area contributed by atoms with Crippen molar-refractivity contribution in [3.8, 4) is 23.0 Å². The van der Waals surface area contributed by atoms with Crippen molar-refractivity contribution < 1.29 is 32.5 Å². The van der Waals surface area contributed by atoms with Gasteiger partial charge in [0.2, 0.25) is 12.7 Å². The third kappa shape index (κ3) is 5.12. The number of hydrogen-bond donors (Lipinski definition) is 1. The van der Waals surface area contributed by atoms with Crippen LogP contribution in [0.3, 0.4) is 0 Å². The first kappa shape index (κ1) is 19.5. The molecule has 1 aliphatic rings. The summed E-state index contributed by atoms with van der Waals surface area (Å²) in [5, 5.41) is 2.76. The molecule has 0 aliphatic carbocycles. The highest BCUT2D eigenvalue weighted by molar-refractivity contribution is 5.91. The number of carbonyl (C=O) groups is 1. The van der Waals surface area contributed by atoms with Crippen LogP contribution in [0.1, 0.15) is 18.1 Å². The summed E-state index contributed by atoms with van der Waals surface area (Å²) in [7, 11) is 0. The average molecular weight is 391 g/mol. The molecule has 2 aromatic rings. The van der Waals surface area contributed by atoms with Crippen molar-refractivity contribution in [3.63, 3.8) is 0 Å². The van der Waals surface area contributed by atoms with Gasteiger partial charge in [0.05, 0.1) is 6.61 Å². The first-order valence-corrected chi connectivity index (χ1v) is 8.61. The molecule has 0 saturated carbocycles. The molecule has 1 N–H and O–H groups in total. The molecule has 0 spiro atoms. The molecule has 1 aliphatic heterocycles. The zero-order valence-corrected chi connectivity index (χ0v) is 15.1. The van der Waals surface area contributed by atoms with Crippen molar-refractivity contribution in [3.05, 3.63) is 53.6 Å². The lowest BCUT2D eigenvalue weighted by molar-refractivity contribution is -0.116. The molecule has 0 bridgehead atoms. The van der Waals surface area contributed by atoms with E-state index in [1.807, 2.05) is 12.1 Å². The quantitative estimate of drug-likeness (QED) is 0.695. The maximum atomic E-state index is 12.4. The number of carbonyl (C=O) groups excluding carboxylic acids is 1. The van der Waals surface area contributed by atoms with Crippen molar-refractivity contribution >= 4 is 12.0 Å². The number of amides is 1. The third-order valence-electron chi connectivity index (χ3n) is 3.81. The Labute approximate surface area is 160 Å². The summed E-state index contributed by atoms with van der Waals surface area (Å²) < 4.78 is 45.1. The number of alkyl halides is 2. The maximum Gasteiger partial charge on any atom is 0.387 e. The SMILES string of the molecule is CCOc1cc(/C=C/C(=O)NCc2ccc3c(c2)OCO3)ccc1OC(F)F. The van der Waals surface area contributed by atoms with Gasteiger partial charge in [-0.2, -0.15) is 8.78 Å². The highest BCUT2D eigenvalue weighted by Gasteiger charge is 2.13. The van der Waals surface area contributed by atoms with Crippen LogP contribution in [0.4, 0.5) is 8.78 Å². The van der Waals surface area contributed by atoms with E-state index >= 15 is 0 Å². The lowest BCUT2D eigenvalue weighted by Crippen LogP contribution is -2.20. The number of benzene rings is 2. The van der Waals surface area contributed by atoms with E-state index in [4.69, 9.17) is 14.2 Å². The number of ether oxygens (including phenoxy) is 4. The average Bonchev–Trinajstić information content (AvgIpc) is 3.14. The first-order chi connectivity index (χ1) is 13.5. The van der Waals surface area contributed by atoms with Crippen LogP contribution in [0, 0.1) is 0 Å². The molecular formula is C20H19F2NO5. The van der Waals surface area contributed by atoms with Gasteiger partial charge in [-0.05, 0) is 48.4 Å². The topological polar surface area (TPSA) is 66.0 Å². The van der Waals surface area contributed by atoms with E-state index in [0.29, 0.717) is 30.2 Å². The predicted octanol–water partition coefficient (Wildman–Crippen LogP) is 3.75. The maximum absolute atomic E-state index is 12.4. The van der Waals surface area contributed by atoms with E-state index in [2.05, 4.69) is 10.1 Å². The fraction of sp³-hybridized carbons (Fsp3) is 0.250. The van der Waals surface area contributed by atoms with Crippen molar-refractivity contribution in [2.24, 2.45) is 0 Å². The van der Waals surface area contributed by atoms with Gasteiger partial charge in [0.1, 0.15) is 0 Å². The Bertz CT molecular complexity index is 870. The highest BCUT2D eigenvalue weighted by Crippen LogP contribution is 2.32. The number of rotatable bonds is 8. The van der Waals surface area contributed by atoms with E-state index < -0.39 is 6.61 Å². The van der Waals surface area contributed by atoms with E-state index in [1.54, 1.807) is 25.1 Å². The molecule has 1 amide bonds. The summed E-state index contributed by atoms with van der Waals surface area (Å²) in [6.07, 6.45) is 2.91. The van der Waals surface area contributed by atoms with Gasteiger partial charge < -0.3 is 24.3 Å². The molecule has 0 radical (unpaired) electrons. The highest BCUT2D eigenvalue weighted by atomic mass is 19.3. The molecule has 0 fully saturated rings. The summed E-state index contributed by atoms with van der Waals surface area (Å²) >= 11 is 0. The zero-order valence-electron chi connectivity index (χ0n) is 15.1. The summed E-state index contributed by atoms with van der Waals surface area (Å²) in [5.41, 5.74) is 1.49. The molecule has 8 heteroatoms. The molecule has 6 nitrogen and oxygen atoms in total. The molecular weight excluding hydrogens is 372 g/mol. The standard InChI is InChI=1S/C20H19F2NO5/c1-2-25-18-9-13(3-7-16(18)28-20(21)22)5-8-19(24)23-11-14-4-6-15-17(10-14)27-12-26-15/h3-10,20H,2,11-12H2,1H3,(H,23,24)/b8-5+. The molecule has 0 saturated heterocycles. The van der Waals surface area contributed by atoms with Gasteiger partial charge in [-0.3, -0.25) is 4.79 Å². The molecule has 1 heterocycles. The fourth-order valence-electron chi connectivity index (χ4n) is 2.56. The van der Waals surface area contributed by atoms with Gasteiger partial charge in [-0.15, -0.1) is 0 Å². The van der Waals surface area contributed by atoms with E-state index in [0.717, 1.165) is 5.56 Å². The minimum atomic E-state index is -2.94. The Morgan fingerprint density at radius 2 is 2.00 bits per heavy atom. The summed E-state index contributed by atoms with van der Waals surface area (Å²) in [5.74, 6) is 1.16. The smallest absolute Gasteiger partial charge is 0.387 e. The van der Waals surface area contributed by atoms with E-state index in [1.165, 1.54) is 18.2 Å². The van der Waals surface area contributed by atoms with E-state index in [9.17, 15) is 13.6 Å². The van der Waals surface area contributed by atoms with Gasteiger partial charge in [0.15, 0.2) is 23.0 Å². The van der Waals surface area contributed by atoms with Crippen molar-refractivity contribution in [1.82, 2.24) is 5.32 Å². The van der Waals surface area contributed by atoms with Crippen LogP contribution >= 0.6 is 0 Å². The first-order valence-electron chi connectivity index (χ1n) is 8.61. The van der Waals surface area contributed by atoms with Crippen LogP contribution < -0.4 is 24.3 Å². The molecule has 148 valence electrons. The zero-order chi connectivity index (χ0) is 19.9. The Morgan fingerprint density at radius 1 is 1.18 bits per heavy atom. The predicted molar refractivity (Wildman–Crippen MR) is 97.7 cm³/mol. The lowest BCUT2D eigenvalue weighted by atomic mass is 10.2. The largest absolute Gasteiger partial charge is 0.490 e. The second-order valence-corrected chi connectivity index (χ2v) is 5.76. The Kier molecular flexibility index (Phi) is 6.31. The van der Waals surface area contributed by atoms with Crippen LogP contribution in [0.15, 0.2) is 42.5 Å². The van der Waals surface area contributed by atoms with Gasteiger partial charge in [-0.25, -0.2) is 0 Å². The number of nitrogens with one attached hydrogen (secondary N) is 1. The summed E-state index contributed by atoms with van der Waals surface area (Å²) in [6.45, 7) is -0.395. The molecule has 0 unspecified atom stereocenters. The van der Waals surface area contributed by atoms with Crippen molar-refractivity contribution in [2.75, 3.05) is 13.4 Å². The van der Waals surface area contributed by atoms with Crippen LogP contribution in [0.5, 0.6) is 23.0 Å². The van der Waals surface area contributed by atoms with Crippen molar-refractivity contribution in [1.29, 1.82) is 0 Å². The van der Waals surface area contributed by atoms with Gasteiger partial charge in [0, 0.05) is 12.6 Å². The molecule has 3 rings (SSSR count). The fourth-order valence-corrected chi connectivity index (χ4v) is 2.56. The van der Waals surface area contributed by atoms with Gasteiger partial charge in [-0.1, -0.05) is 12.1 Å². The number of halogens is 2. The lowest BCUT2D eigenvalue weighted by Gasteiger charge is -2.11. The molecule has 0 aromatic heterocycles. The molecule has 0 atom stereocenters. The van der Waals surface area contributed by atoms with E-state index in [-0.39, 0.29) is 24.2 Å². The Morgan fingerprint density at radius 3 is 2.79 bits per heavy atom. The number of hydrogen-bond acceptors (Lipinski definition) is 5. The van der Waals surface area contributed by atoms with Crippen LogP contribution in [0.25, 0.3) is 6.08 Å². The van der Waals surface area contributed by atoms with Crippen molar-refractivity contribution in [2.45, 2.75) is 20.1 Å². The Hall–Kier alpha value is -3.29. The van der Waals surface area contributed by atoms with Crippen LogP contribution in [-0.4, -0.2) is 25.9 Å². The molecule has 2 aromatic carbocycles.